The number of hydrogen-bond acceptors (Lipinski definition) is 2. The largest absolute Gasteiger partial charge is 0.351 e. The van der Waals surface area contributed by atoms with Gasteiger partial charge < -0.3 is 10.6 Å². The summed E-state index contributed by atoms with van der Waals surface area (Å²) in [5, 5.41) is 6.32. The first-order valence-electron chi connectivity index (χ1n) is 7.28. The van der Waals surface area contributed by atoms with Gasteiger partial charge in [0, 0.05) is 12.6 Å². The van der Waals surface area contributed by atoms with Crippen LogP contribution in [0.2, 0.25) is 0 Å². The van der Waals surface area contributed by atoms with Gasteiger partial charge in [-0.05, 0) is 24.3 Å². The zero-order chi connectivity index (χ0) is 13.5. The number of carbonyl (C=O) groups excluding carboxylic acids is 1. The van der Waals surface area contributed by atoms with E-state index >= 15 is 0 Å². The lowest BCUT2D eigenvalue weighted by Crippen LogP contribution is -2.40. The molecule has 1 amide bonds. The van der Waals surface area contributed by atoms with Gasteiger partial charge in [-0.2, -0.15) is 0 Å². The summed E-state index contributed by atoms with van der Waals surface area (Å²) in [6.45, 7) is 3.34. The monoisotopic (exact) mass is 260 g/mol. The van der Waals surface area contributed by atoms with Gasteiger partial charge in [0.05, 0.1) is 6.54 Å². The molecule has 1 fully saturated rings. The average Bonchev–Trinajstić information content (AvgIpc) is 2.44. The molecule has 3 heteroatoms. The summed E-state index contributed by atoms with van der Waals surface area (Å²) in [4.78, 5) is 11.8. The topological polar surface area (TPSA) is 41.1 Å². The van der Waals surface area contributed by atoms with Gasteiger partial charge >= 0.3 is 0 Å². The van der Waals surface area contributed by atoms with Gasteiger partial charge in [0.1, 0.15) is 0 Å². The molecule has 0 spiro atoms. The fourth-order valence-corrected chi connectivity index (χ4v) is 2.72. The van der Waals surface area contributed by atoms with Crippen molar-refractivity contribution in [1.29, 1.82) is 0 Å². The molecule has 1 saturated carbocycles. The molecule has 1 aliphatic rings. The van der Waals surface area contributed by atoms with Crippen LogP contribution in [0, 0.1) is 5.92 Å². The summed E-state index contributed by atoms with van der Waals surface area (Å²) in [5.74, 6) is 0.876. The van der Waals surface area contributed by atoms with Gasteiger partial charge in [-0.3, -0.25) is 4.79 Å². The Labute approximate surface area is 115 Å². The van der Waals surface area contributed by atoms with Crippen LogP contribution in [0.25, 0.3) is 0 Å². The highest BCUT2D eigenvalue weighted by atomic mass is 16.1. The molecular weight excluding hydrogens is 236 g/mol. The maximum absolute atomic E-state index is 11.8. The molecule has 0 aromatic heterocycles. The Bertz CT molecular complexity index is 391. The predicted octanol–water partition coefficient (Wildman–Crippen LogP) is 2.47. The zero-order valence-corrected chi connectivity index (χ0v) is 11.7. The van der Waals surface area contributed by atoms with E-state index < -0.39 is 0 Å². The van der Waals surface area contributed by atoms with Crippen molar-refractivity contribution in [2.45, 2.75) is 45.2 Å². The van der Waals surface area contributed by atoms with Crippen molar-refractivity contribution >= 4 is 5.91 Å². The minimum atomic E-state index is 0.0853. The molecule has 1 aromatic carbocycles. The van der Waals surface area contributed by atoms with Crippen molar-refractivity contribution in [3.8, 4) is 0 Å². The quantitative estimate of drug-likeness (QED) is 0.854. The number of carbonyl (C=O) groups is 1. The standard InChI is InChI=1S/C16H24N2O/c1-13-6-5-9-15(10-13)17-12-16(19)18-11-14-7-3-2-4-8-14/h2-4,7-8,13,15,17H,5-6,9-12H2,1H3,(H,18,19). The molecule has 0 saturated heterocycles. The summed E-state index contributed by atoms with van der Waals surface area (Å²) in [6, 6.07) is 10.5. The third-order valence-electron chi connectivity index (χ3n) is 3.82. The summed E-state index contributed by atoms with van der Waals surface area (Å²) in [6.07, 6.45) is 5.02. The van der Waals surface area contributed by atoms with E-state index in [1.54, 1.807) is 0 Å². The third-order valence-corrected chi connectivity index (χ3v) is 3.82. The molecule has 0 radical (unpaired) electrons. The lowest BCUT2D eigenvalue weighted by molar-refractivity contribution is -0.120. The second-order valence-electron chi connectivity index (χ2n) is 5.61. The van der Waals surface area contributed by atoms with Crippen molar-refractivity contribution in [2.75, 3.05) is 6.54 Å². The van der Waals surface area contributed by atoms with E-state index in [0.29, 0.717) is 19.1 Å². The molecule has 2 rings (SSSR count). The lowest BCUT2D eigenvalue weighted by Gasteiger charge is -2.27. The normalized spacial score (nSPS) is 23.0. The summed E-state index contributed by atoms with van der Waals surface area (Å²) in [7, 11) is 0. The van der Waals surface area contributed by atoms with E-state index in [4.69, 9.17) is 0 Å². The van der Waals surface area contributed by atoms with Crippen LogP contribution in [0.15, 0.2) is 30.3 Å². The van der Waals surface area contributed by atoms with Crippen LogP contribution in [0.3, 0.4) is 0 Å². The third kappa shape index (κ3) is 5.03. The molecule has 2 atom stereocenters. The first-order valence-corrected chi connectivity index (χ1v) is 7.28. The Balaban J connectivity index is 1.64. The van der Waals surface area contributed by atoms with Crippen LogP contribution in [0.1, 0.15) is 38.2 Å². The minimum absolute atomic E-state index is 0.0853. The van der Waals surface area contributed by atoms with Crippen molar-refractivity contribution in [2.24, 2.45) is 5.92 Å². The number of nitrogens with one attached hydrogen (secondary N) is 2. The number of rotatable bonds is 5. The SMILES string of the molecule is CC1CCCC(NCC(=O)NCc2ccccc2)C1. The molecule has 19 heavy (non-hydrogen) atoms. The van der Waals surface area contributed by atoms with Crippen LogP contribution in [0.5, 0.6) is 0 Å². The minimum Gasteiger partial charge on any atom is -0.351 e. The number of hydrogen-bond donors (Lipinski definition) is 2. The number of amides is 1. The van der Waals surface area contributed by atoms with Crippen LogP contribution < -0.4 is 10.6 Å². The average molecular weight is 260 g/mol. The summed E-state index contributed by atoms with van der Waals surface area (Å²) >= 11 is 0. The van der Waals surface area contributed by atoms with Crippen molar-refractivity contribution in [3.05, 3.63) is 35.9 Å². The van der Waals surface area contributed by atoms with Gasteiger partial charge in [-0.25, -0.2) is 0 Å². The van der Waals surface area contributed by atoms with Crippen LogP contribution in [-0.2, 0) is 11.3 Å². The van der Waals surface area contributed by atoms with E-state index in [2.05, 4.69) is 17.6 Å². The Morgan fingerprint density at radius 2 is 2.05 bits per heavy atom. The Morgan fingerprint density at radius 1 is 1.26 bits per heavy atom. The van der Waals surface area contributed by atoms with Gasteiger partial charge in [-0.15, -0.1) is 0 Å². The second-order valence-corrected chi connectivity index (χ2v) is 5.61. The van der Waals surface area contributed by atoms with E-state index in [9.17, 15) is 4.79 Å². The molecule has 3 nitrogen and oxygen atoms in total. The van der Waals surface area contributed by atoms with Crippen molar-refractivity contribution < 1.29 is 4.79 Å². The van der Waals surface area contributed by atoms with Gasteiger partial charge in [-0.1, -0.05) is 50.1 Å². The van der Waals surface area contributed by atoms with Crippen molar-refractivity contribution in [1.82, 2.24) is 10.6 Å². The smallest absolute Gasteiger partial charge is 0.234 e. The maximum atomic E-state index is 11.8. The van der Waals surface area contributed by atoms with Crippen LogP contribution in [0.4, 0.5) is 0 Å². The van der Waals surface area contributed by atoms with Gasteiger partial charge in [0.25, 0.3) is 0 Å². The molecule has 104 valence electrons. The van der Waals surface area contributed by atoms with Crippen LogP contribution >= 0.6 is 0 Å². The molecule has 2 unspecified atom stereocenters. The molecule has 1 aromatic rings. The molecule has 2 N–H and O–H groups in total. The summed E-state index contributed by atoms with van der Waals surface area (Å²) in [5.41, 5.74) is 1.14. The Kier molecular flexibility index (Phi) is 5.40. The van der Waals surface area contributed by atoms with Gasteiger partial charge in [0.15, 0.2) is 0 Å². The van der Waals surface area contributed by atoms with E-state index in [-0.39, 0.29) is 5.91 Å². The Hall–Kier alpha value is -1.35. The molecule has 1 aliphatic carbocycles. The Morgan fingerprint density at radius 3 is 2.79 bits per heavy atom. The number of benzene rings is 1. The van der Waals surface area contributed by atoms with E-state index in [1.165, 1.54) is 25.7 Å². The highest BCUT2D eigenvalue weighted by molar-refractivity contribution is 5.78. The fraction of sp³-hybridized carbons (Fsp3) is 0.562. The predicted molar refractivity (Wildman–Crippen MR) is 77.7 cm³/mol. The van der Waals surface area contributed by atoms with Crippen molar-refractivity contribution in [3.63, 3.8) is 0 Å². The van der Waals surface area contributed by atoms with Gasteiger partial charge in [0.2, 0.25) is 5.91 Å². The van der Waals surface area contributed by atoms with Crippen LogP contribution in [-0.4, -0.2) is 18.5 Å². The molecule has 0 aliphatic heterocycles. The molecule has 0 heterocycles. The first kappa shape index (κ1) is 14.1. The molecular formula is C16H24N2O. The maximum Gasteiger partial charge on any atom is 0.234 e. The van der Waals surface area contributed by atoms with E-state index in [1.807, 2.05) is 30.3 Å². The highest BCUT2D eigenvalue weighted by Crippen LogP contribution is 2.23. The second kappa shape index (κ2) is 7.29. The molecule has 0 bridgehead atoms. The van der Waals surface area contributed by atoms with E-state index in [0.717, 1.165) is 11.5 Å². The fourth-order valence-electron chi connectivity index (χ4n) is 2.72. The highest BCUT2D eigenvalue weighted by Gasteiger charge is 2.18. The first-order chi connectivity index (χ1) is 9.24. The lowest BCUT2D eigenvalue weighted by atomic mass is 9.87. The summed E-state index contributed by atoms with van der Waals surface area (Å²) < 4.78 is 0. The zero-order valence-electron chi connectivity index (χ0n) is 11.7.